The zero-order chi connectivity index (χ0) is 13.1. The van der Waals surface area contributed by atoms with Crippen molar-refractivity contribution in [1.82, 2.24) is 4.90 Å². The van der Waals surface area contributed by atoms with Gasteiger partial charge in [0.25, 0.3) is 0 Å². The predicted octanol–water partition coefficient (Wildman–Crippen LogP) is 3.69. The summed E-state index contributed by atoms with van der Waals surface area (Å²) in [6, 6.07) is 0. The standard InChI is InChI=1S/C16H27N/c1-6-11-16(12-7-2,13-8-3)17(14-9-4)15-10-5/h4-5H,6-8,11-15H2,1-3H3. The van der Waals surface area contributed by atoms with Gasteiger partial charge in [-0.3, -0.25) is 4.90 Å². The lowest BCUT2D eigenvalue weighted by Crippen LogP contribution is -2.49. The molecule has 0 aromatic heterocycles. The fourth-order valence-electron chi connectivity index (χ4n) is 2.86. The van der Waals surface area contributed by atoms with Gasteiger partial charge in [0, 0.05) is 5.54 Å². The third kappa shape index (κ3) is 4.84. The second-order valence-electron chi connectivity index (χ2n) is 4.74. The molecule has 17 heavy (non-hydrogen) atoms. The average molecular weight is 233 g/mol. The Morgan fingerprint density at radius 2 is 1.18 bits per heavy atom. The molecule has 0 saturated carbocycles. The SMILES string of the molecule is C#CCN(CC#C)C(CCC)(CCC)CCC. The Hall–Kier alpha value is -0.920. The van der Waals surface area contributed by atoms with Gasteiger partial charge in [0.15, 0.2) is 0 Å². The van der Waals surface area contributed by atoms with Gasteiger partial charge in [-0.25, -0.2) is 0 Å². The highest BCUT2D eigenvalue weighted by Crippen LogP contribution is 2.31. The van der Waals surface area contributed by atoms with Crippen molar-refractivity contribution in [3.05, 3.63) is 0 Å². The highest BCUT2D eigenvalue weighted by atomic mass is 15.2. The van der Waals surface area contributed by atoms with Crippen LogP contribution in [-0.2, 0) is 0 Å². The van der Waals surface area contributed by atoms with Gasteiger partial charge in [-0.15, -0.1) is 12.8 Å². The Morgan fingerprint density at radius 3 is 1.41 bits per heavy atom. The molecule has 0 aromatic carbocycles. The van der Waals surface area contributed by atoms with Crippen molar-refractivity contribution in [2.24, 2.45) is 0 Å². The minimum atomic E-state index is 0.219. The van der Waals surface area contributed by atoms with E-state index in [0.717, 1.165) is 0 Å². The fourth-order valence-corrected chi connectivity index (χ4v) is 2.86. The molecule has 0 aromatic rings. The molecule has 0 radical (unpaired) electrons. The number of hydrogen-bond acceptors (Lipinski definition) is 1. The van der Waals surface area contributed by atoms with Crippen LogP contribution in [0.15, 0.2) is 0 Å². The van der Waals surface area contributed by atoms with Crippen LogP contribution in [0, 0.1) is 24.7 Å². The number of rotatable bonds is 9. The molecule has 0 bridgehead atoms. The molecule has 96 valence electrons. The van der Waals surface area contributed by atoms with Crippen LogP contribution in [0.5, 0.6) is 0 Å². The van der Waals surface area contributed by atoms with Crippen molar-refractivity contribution in [1.29, 1.82) is 0 Å². The molecule has 0 fully saturated rings. The number of hydrogen-bond donors (Lipinski definition) is 0. The van der Waals surface area contributed by atoms with E-state index in [-0.39, 0.29) is 5.54 Å². The molecular weight excluding hydrogens is 206 g/mol. The summed E-state index contributed by atoms with van der Waals surface area (Å²) in [5, 5.41) is 0. The molecule has 1 heteroatoms. The number of terminal acetylenes is 2. The number of nitrogens with zero attached hydrogens (tertiary/aromatic N) is 1. The Kier molecular flexibility index (Phi) is 8.65. The van der Waals surface area contributed by atoms with E-state index < -0.39 is 0 Å². The smallest absolute Gasteiger partial charge is 0.0612 e. The van der Waals surface area contributed by atoms with E-state index in [1.807, 2.05) is 0 Å². The molecule has 0 rings (SSSR count). The van der Waals surface area contributed by atoms with Crippen LogP contribution in [0.4, 0.5) is 0 Å². The maximum atomic E-state index is 5.48. The molecule has 0 aliphatic rings. The summed E-state index contributed by atoms with van der Waals surface area (Å²) < 4.78 is 0. The molecule has 0 heterocycles. The average Bonchev–Trinajstić information content (AvgIpc) is 2.29. The molecule has 0 aliphatic heterocycles. The Morgan fingerprint density at radius 1 is 0.824 bits per heavy atom. The fraction of sp³-hybridized carbons (Fsp3) is 0.750. The van der Waals surface area contributed by atoms with Gasteiger partial charge in [-0.1, -0.05) is 51.9 Å². The van der Waals surface area contributed by atoms with Gasteiger partial charge in [0.2, 0.25) is 0 Å². The predicted molar refractivity (Wildman–Crippen MR) is 76.7 cm³/mol. The first-order valence-corrected chi connectivity index (χ1v) is 6.82. The Labute approximate surface area is 108 Å². The molecule has 0 N–H and O–H groups in total. The van der Waals surface area contributed by atoms with Crippen LogP contribution in [-0.4, -0.2) is 23.5 Å². The molecule has 0 atom stereocenters. The summed E-state index contributed by atoms with van der Waals surface area (Å²) in [4.78, 5) is 2.34. The molecular formula is C16H27N. The van der Waals surface area contributed by atoms with E-state index >= 15 is 0 Å². The molecule has 0 spiro atoms. The maximum absolute atomic E-state index is 5.48. The van der Waals surface area contributed by atoms with Crippen LogP contribution >= 0.6 is 0 Å². The minimum Gasteiger partial charge on any atom is -0.275 e. The lowest BCUT2D eigenvalue weighted by atomic mass is 9.82. The lowest BCUT2D eigenvalue weighted by molar-refractivity contribution is 0.0853. The van der Waals surface area contributed by atoms with Crippen molar-refractivity contribution in [2.45, 2.75) is 64.8 Å². The second kappa shape index (κ2) is 9.15. The third-order valence-corrected chi connectivity index (χ3v) is 3.38. The summed E-state index contributed by atoms with van der Waals surface area (Å²) >= 11 is 0. The first kappa shape index (κ1) is 16.1. The van der Waals surface area contributed by atoms with E-state index in [4.69, 9.17) is 12.8 Å². The van der Waals surface area contributed by atoms with Gasteiger partial charge in [0.05, 0.1) is 13.1 Å². The zero-order valence-electron chi connectivity index (χ0n) is 11.8. The maximum Gasteiger partial charge on any atom is 0.0612 e. The largest absolute Gasteiger partial charge is 0.275 e. The van der Waals surface area contributed by atoms with Crippen molar-refractivity contribution >= 4 is 0 Å². The van der Waals surface area contributed by atoms with Crippen LogP contribution in [0.1, 0.15) is 59.3 Å². The normalized spacial score (nSPS) is 11.2. The van der Waals surface area contributed by atoms with Crippen molar-refractivity contribution in [3.8, 4) is 24.7 Å². The summed E-state index contributed by atoms with van der Waals surface area (Å²) in [6.07, 6.45) is 18.1. The Bertz CT molecular complexity index is 233. The summed E-state index contributed by atoms with van der Waals surface area (Å²) in [7, 11) is 0. The van der Waals surface area contributed by atoms with Crippen molar-refractivity contribution < 1.29 is 0 Å². The van der Waals surface area contributed by atoms with Crippen molar-refractivity contribution in [2.75, 3.05) is 13.1 Å². The van der Waals surface area contributed by atoms with Crippen LogP contribution in [0.25, 0.3) is 0 Å². The zero-order valence-corrected chi connectivity index (χ0v) is 11.8. The topological polar surface area (TPSA) is 3.24 Å². The van der Waals surface area contributed by atoms with Gasteiger partial charge in [-0.2, -0.15) is 0 Å². The van der Waals surface area contributed by atoms with Crippen LogP contribution in [0.2, 0.25) is 0 Å². The van der Waals surface area contributed by atoms with Gasteiger partial charge in [-0.05, 0) is 19.3 Å². The van der Waals surface area contributed by atoms with E-state index in [1.165, 1.54) is 38.5 Å². The highest BCUT2D eigenvalue weighted by molar-refractivity contribution is 5.02. The summed E-state index contributed by atoms with van der Waals surface area (Å²) in [5.41, 5.74) is 0.219. The second-order valence-corrected chi connectivity index (χ2v) is 4.74. The van der Waals surface area contributed by atoms with Gasteiger partial charge < -0.3 is 0 Å². The molecule has 0 unspecified atom stereocenters. The first-order valence-electron chi connectivity index (χ1n) is 6.82. The highest BCUT2D eigenvalue weighted by Gasteiger charge is 2.33. The molecule has 0 amide bonds. The first-order chi connectivity index (χ1) is 8.20. The van der Waals surface area contributed by atoms with E-state index in [2.05, 4.69) is 37.5 Å². The van der Waals surface area contributed by atoms with Gasteiger partial charge in [0.1, 0.15) is 0 Å². The Balaban J connectivity index is 5.03. The van der Waals surface area contributed by atoms with E-state index in [0.29, 0.717) is 13.1 Å². The van der Waals surface area contributed by atoms with Gasteiger partial charge >= 0.3 is 0 Å². The van der Waals surface area contributed by atoms with Crippen LogP contribution in [0.3, 0.4) is 0 Å². The quantitative estimate of drug-likeness (QED) is 0.549. The lowest BCUT2D eigenvalue weighted by Gasteiger charge is -2.43. The monoisotopic (exact) mass is 233 g/mol. The minimum absolute atomic E-state index is 0.219. The summed E-state index contributed by atoms with van der Waals surface area (Å²) in [5.74, 6) is 5.53. The van der Waals surface area contributed by atoms with E-state index in [9.17, 15) is 0 Å². The molecule has 0 aliphatic carbocycles. The van der Waals surface area contributed by atoms with E-state index in [1.54, 1.807) is 0 Å². The summed E-state index contributed by atoms with van der Waals surface area (Å²) in [6.45, 7) is 8.06. The molecule has 0 saturated heterocycles. The molecule has 1 nitrogen and oxygen atoms in total. The van der Waals surface area contributed by atoms with Crippen LogP contribution < -0.4 is 0 Å². The third-order valence-electron chi connectivity index (χ3n) is 3.38. The van der Waals surface area contributed by atoms with Crippen molar-refractivity contribution in [3.63, 3.8) is 0 Å².